The van der Waals surface area contributed by atoms with Gasteiger partial charge in [-0.1, -0.05) is 30.3 Å². The lowest BCUT2D eigenvalue weighted by atomic mass is 10.0. The summed E-state index contributed by atoms with van der Waals surface area (Å²) >= 11 is 0. The number of rotatable bonds is 5. The fourth-order valence-corrected chi connectivity index (χ4v) is 2.64. The van der Waals surface area contributed by atoms with Crippen LogP contribution in [0.3, 0.4) is 0 Å². The van der Waals surface area contributed by atoms with Gasteiger partial charge in [0.2, 0.25) is 0 Å². The number of fused-ring (bicyclic) bond motifs is 1. The minimum absolute atomic E-state index is 0.0624. The van der Waals surface area contributed by atoms with E-state index in [-0.39, 0.29) is 5.78 Å². The molecule has 3 rings (SSSR count). The molecule has 0 unspecified atom stereocenters. The van der Waals surface area contributed by atoms with Gasteiger partial charge in [-0.25, -0.2) is 0 Å². The summed E-state index contributed by atoms with van der Waals surface area (Å²) in [7, 11) is 3.23. The Hall–Kier alpha value is -3.07. The van der Waals surface area contributed by atoms with Gasteiger partial charge in [-0.3, -0.25) is 4.79 Å². The second-order valence-electron chi connectivity index (χ2n) is 5.33. The fraction of sp³-hybridized carbons (Fsp3) is 0.0952. The molecule has 0 aliphatic carbocycles. The molecular weight excluding hydrogens is 300 g/mol. The molecule has 0 radical (unpaired) electrons. The van der Waals surface area contributed by atoms with Gasteiger partial charge in [-0.15, -0.1) is 0 Å². The maximum atomic E-state index is 12.4. The SMILES string of the molecule is COc1ccc(C(=O)/C=C/c2c(OC)ccc3ccccc23)cc1. The van der Waals surface area contributed by atoms with Crippen molar-refractivity contribution in [3.63, 3.8) is 0 Å². The van der Waals surface area contributed by atoms with E-state index in [0.717, 1.165) is 27.8 Å². The molecule has 0 heterocycles. The molecule has 3 aromatic carbocycles. The van der Waals surface area contributed by atoms with E-state index in [1.165, 1.54) is 0 Å². The molecule has 3 nitrogen and oxygen atoms in total. The molecule has 0 aliphatic rings. The average Bonchev–Trinajstić information content (AvgIpc) is 2.65. The van der Waals surface area contributed by atoms with Gasteiger partial charge in [0.05, 0.1) is 14.2 Å². The Labute approximate surface area is 141 Å². The van der Waals surface area contributed by atoms with Gasteiger partial charge >= 0.3 is 0 Å². The van der Waals surface area contributed by atoms with Crippen LogP contribution in [0.15, 0.2) is 66.7 Å². The Morgan fingerprint density at radius 1 is 0.875 bits per heavy atom. The lowest BCUT2D eigenvalue weighted by Crippen LogP contribution is -1.95. The highest BCUT2D eigenvalue weighted by Gasteiger charge is 2.07. The van der Waals surface area contributed by atoms with Crippen LogP contribution in [-0.2, 0) is 0 Å². The minimum atomic E-state index is -0.0624. The van der Waals surface area contributed by atoms with Crippen molar-refractivity contribution in [1.29, 1.82) is 0 Å². The summed E-state index contributed by atoms with van der Waals surface area (Å²) in [4.78, 5) is 12.4. The quantitative estimate of drug-likeness (QED) is 0.503. The molecule has 0 aliphatic heterocycles. The number of allylic oxidation sites excluding steroid dienone is 1. The number of methoxy groups -OCH3 is 2. The van der Waals surface area contributed by atoms with Gasteiger partial charge in [0.25, 0.3) is 0 Å². The van der Waals surface area contributed by atoms with Gasteiger partial charge in [0.15, 0.2) is 5.78 Å². The summed E-state index contributed by atoms with van der Waals surface area (Å²) in [5.41, 5.74) is 1.52. The monoisotopic (exact) mass is 318 g/mol. The Morgan fingerprint density at radius 2 is 1.62 bits per heavy atom. The summed E-state index contributed by atoms with van der Waals surface area (Å²) in [6, 6.07) is 19.0. The first-order chi connectivity index (χ1) is 11.7. The molecule has 0 saturated carbocycles. The van der Waals surface area contributed by atoms with Crippen LogP contribution < -0.4 is 9.47 Å². The van der Waals surface area contributed by atoms with E-state index in [1.807, 2.05) is 42.5 Å². The number of hydrogen-bond acceptors (Lipinski definition) is 3. The summed E-state index contributed by atoms with van der Waals surface area (Å²) in [5, 5.41) is 2.16. The van der Waals surface area contributed by atoms with E-state index in [1.54, 1.807) is 44.6 Å². The van der Waals surface area contributed by atoms with Crippen LogP contribution in [0.1, 0.15) is 15.9 Å². The van der Waals surface area contributed by atoms with Gasteiger partial charge in [-0.05, 0) is 53.3 Å². The zero-order chi connectivity index (χ0) is 16.9. The topological polar surface area (TPSA) is 35.5 Å². The first kappa shape index (κ1) is 15.8. The summed E-state index contributed by atoms with van der Waals surface area (Å²) < 4.78 is 10.6. The maximum absolute atomic E-state index is 12.4. The molecule has 0 spiro atoms. The Morgan fingerprint density at radius 3 is 2.33 bits per heavy atom. The number of ketones is 1. The van der Waals surface area contributed by atoms with Gasteiger partial charge < -0.3 is 9.47 Å². The molecule has 0 aromatic heterocycles. The van der Waals surface area contributed by atoms with E-state index >= 15 is 0 Å². The predicted octanol–water partition coefficient (Wildman–Crippen LogP) is 4.75. The smallest absolute Gasteiger partial charge is 0.185 e. The molecule has 0 bridgehead atoms. The normalized spacial score (nSPS) is 10.9. The Bertz CT molecular complexity index is 893. The third kappa shape index (κ3) is 3.15. The molecule has 3 heteroatoms. The van der Waals surface area contributed by atoms with E-state index in [0.29, 0.717) is 5.56 Å². The third-order valence-corrected chi connectivity index (χ3v) is 3.93. The highest BCUT2D eigenvalue weighted by atomic mass is 16.5. The first-order valence-corrected chi connectivity index (χ1v) is 7.65. The summed E-state index contributed by atoms with van der Waals surface area (Å²) in [6.45, 7) is 0. The second-order valence-corrected chi connectivity index (χ2v) is 5.33. The van der Waals surface area contributed by atoms with Crippen molar-refractivity contribution in [2.75, 3.05) is 14.2 Å². The third-order valence-electron chi connectivity index (χ3n) is 3.93. The predicted molar refractivity (Wildman–Crippen MR) is 96.9 cm³/mol. The van der Waals surface area contributed by atoms with Crippen LogP contribution >= 0.6 is 0 Å². The van der Waals surface area contributed by atoms with Crippen LogP contribution in [0.25, 0.3) is 16.8 Å². The van der Waals surface area contributed by atoms with Crippen molar-refractivity contribution in [1.82, 2.24) is 0 Å². The van der Waals surface area contributed by atoms with Crippen LogP contribution in [-0.4, -0.2) is 20.0 Å². The standard InChI is InChI=1S/C21H18O3/c1-23-17-10-7-16(8-11-17)20(22)13-12-19-18-6-4-3-5-15(18)9-14-21(19)24-2/h3-14H,1-2H3/b13-12+. The van der Waals surface area contributed by atoms with Crippen molar-refractivity contribution in [3.8, 4) is 11.5 Å². The largest absolute Gasteiger partial charge is 0.497 e. The molecule has 0 amide bonds. The van der Waals surface area contributed by atoms with Crippen LogP contribution in [0.2, 0.25) is 0 Å². The zero-order valence-electron chi connectivity index (χ0n) is 13.7. The Kier molecular flexibility index (Phi) is 4.62. The second kappa shape index (κ2) is 7.01. The van der Waals surface area contributed by atoms with Crippen molar-refractivity contribution in [2.24, 2.45) is 0 Å². The van der Waals surface area contributed by atoms with Gasteiger partial charge in [-0.2, -0.15) is 0 Å². The van der Waals surface area contributed by atoms with Gasteiger partial charge in [0.1, 0.15) is 11.5 Å². The molecule has 0 N–H and O–H groups in total. The number of ether oxygens (including phenoxy) is 2. The summed E-state index contributed by atoms with van der Waals surface area (Å²) in [5.74, 6) is 1.41. The number of hydrogen-bond donors (Lipinski definition) is 0. The van der Waals surface area contributed by atoms with E-state index in [4.69, 9.17) is 9.47 Å². The van der Waals surface area contributed by atoms with E-state index in [9.17, 15) is 4.79 Å². The van der Waals surface area contributed by atoms with Gasteiger partial charge in [0, 0.05) is 11.1 Å². The van der Waals surface area contributed by atoms with Crippen molar-refractivity contribution < 1.29 is 14.3 Å². The maximum Gasteiger partial charge on any atom is 0.185 e. The van der Waals surface area contributed by atoms with E-state index < -0.39 is 0 Å². The van der Waals surface area contributed by atoms with Crippen molar-refractivity contribution in [2.45, 2.75) is 0 Å². The fourth-order valence-electron chi connectivity index (χ4n) is 2.64. The van der Waals surface area contributed by atoms with Crippen molar-refractivity contribution in [3.05, 3.63) is 77.9 Å². The molecule has 0 atom stereocenters. The lowest BCUT2D eigenvalue weighted by Gasteiger charge is -2.08. The van der Waals surface area contributed by atoms with E-state index in [2.05, 4.69) is 0 Å². The van der Waals surface area contributed by atoms with Crippen LogP contribution in [0.4, 0.5) is 0 Å². The first-order valence-electron chi connectivity index (χ1n) is 7.65. The lowest BCUT2D eigenvalue weighted by molar-refractivity contribution is 0.104. The highest BCUT2D eigenvalue weighted by molar-refractivity contribution is 6.08. The number of carbonyl (C=O) groups excluding carboxylic acids is 1. The van der Waals surface area contributed by atoms with Crippen LogP contribution in [0.5, 0.6) is 11.5 Å². The highest BCUT2D eigenvalue weighted by Crippen LogP contribution is 2.29. The Balaban J connectivity index is 1.95. The molecule has 120 valence electrons. The zero-order valence-corrected chi connectivity index (χ0v) is 13.7. The molecule has 0 saturated heterocycles. The molecule has 24 heavy (non-hydrogen) atoms. The number of benzene rings is 3. The summed E-state index contributed by atoms with van der Waals surface area (Å²) in [6.07, 6.45) is 3.39. The molecular formula is C21H18O3. The van der Waals surface area contributed by atoms with Crippen molar-refractivity contribution >= 4 is 22.6 Å². The minimum Gasteiger partial charge on any atom is -0.497 e. The average molecular weight is 318 g/mol. The molecule has 3 aromatic rings. The molecule has 0 fully saturated rings. The number of carbonyl (C=O) groups is 1. The van der Waals surface area contributed by atoms with Crippen LogP contribution in [0, 0.1) is 0 Å².